The number of nitrogens with zero attached hydrogens (tertiary/aromatic N) is 3. The van der Waals surface area contributed by atoms with Crippen molar-refractivity contribution in [3.8, 4) is 0 Å². The molecule has 1 aromatic rings. The van der Waals surface area contributed by atoms with Crippen molar-refractivity contribution in [2.75, 3.05) is 33.3 Å². The lowest BCUT2D eigenvalue weighted by Gasteiger charge is -2.25. The van der Waals surface area contributed by atoms with Gasteiger partial charge in [-0.15, -0.1) is 0 Å². The van der Waals surface area contributed by atoms with Crippen LogP contribution in [0.2, 0.25) is 0 Å². The minimum atomic E-state index is -3.66. The molecule has 174 valence electrons. The van der Waals surface area contributed by atoms with Crippen LogP contribution >= 0.6 is 7.75 Å². The molecule has 0 aliphatic carbocycles. The maximum Gasteiger partial charge on any atom is 0.407 e. The van der Waals surface area contributed by atoms with Gasteiger partial charge in [0.2, 0.25) is 0 Å². The molecule has 2 N–H and O–H groups in total. The van der Waals surface area contributed by atoms with E-state index in [-0.39, 0.29) is 12.4 Å². The maximum absolute atomic E-state index is 12.6. The lowest BCUT2D eigenvalue weighted by atomic mass is 10.1. The molecule has 2 heterocycles. The highest BCUT2D eigenvalue weighted by Gasteiger charge is 2.51. The van der Waals surface area contributed by atoms with Gasteiger partial charge < -0.3 is 14.2 Å². The lowest BCUT2D eigenvalue weighted by molar-refractivity contribution is -0.165. The fourth-order valence-electron chi connectivity index (χ4n) is 2.89. The molecule has 1 aliphatic heterocycles. The first-order chi connectivity index (χ1) is 14.5. The summed E-state index contributed by atoms with van der Waals surface area (Å²) in [6, 6.07) is 1.27. The fourth-order valence-corrected chi connectivity index (χ4v) is 3.88. The topological polar surface area (TPSA) is 168 Å². The summed E-state index contributed by atoms with van der Waals surface area (Å²) in [6.07, 6.45) is -3.53. The summed E-state index contributed by atoms with van der Waals surface area (Å²) in [4.78, 5) is 39.3. The van der Waals surface area contributed by atoms with Crippen molar-refractivity contribution in [3.63, 3.8) is 0 Å². The molecule has 0 spiro atoms. The number of ether oxygens (including phenoxy) is 3. The van der Waals surface area contributed by atoms with Gasteiger partial charge in [-0.05, 0) is 20.2 Å². The fraction of sp³-hybridized carbons (Fsp3) is 0.625. The van der Waals surface area contributed by atoms with Gasteiger partial charge >= 0.3 is 25.4 Å². The minimum Gasteiger partial charge on any atom is -0.456 e. The summed E-state index contributed by atoms with van der Waals surface area (Å²) in [5.74, 6) is -1.54. The van der Waals surface area contributed by atoms with Gasteiger partial charge in [0.25, 0.3) is 0 Å². The summed E-state index contributed by atoms with van der Waals surface area (Å²) < 4.78 is 41.6. The third-order valence-corrected chi connectivity index (χ3v) is 6.15. The summed E-state index contributed by atoms with van der Waals surface area (Å²) >= 11 is 0. The van der Waals surface area contributed by atoms with Crippen LogP contribution in [0.25, 0.3) is 0 Å². The molecule has 1 aliphatic rings. The number of anilines is 1. The highest BCUT2D eigenvalue weighted by atomic mass is 31.2. The molecule has 0 amide bonds. The number of carbonyl (C=O) groups is 2. The van der Waals surface area contributed by atoms with E-state index in [0.29, 0.717) is 0 Å². The largest absolute Gasteiger partial charge is 0.456 e. The van der Waals surface area contributed by atoms with E-state index in [2.05, 4.69) is 4.98 Å². The second-order valence-electron chi connectivity index (χ2n) is 6.62. The molecule has 1 aromatic heterocycles. The number of nitrogens with one attached hydrogen (secondary N) is 1. The first-order valence-corrected chi connectivity index (χ1v) is 10.5. The Morgan fingerprint density at radius 3 is 2.39 bits per heavy atom. The van der Waals surface area contributed by atoms with E-state index in [9.17, 15) is 18.9 Å². The average molecular weight is 464 g/mol. The van der Waals surface area contributed by atoms with E-state index in [0.717, 1.165) is 18.4 Å². The van der Waals surface area contributed by atoms with Crippen molar-refractivity contribution in [1.82, 2.24) is 14.2 Å². The van der Waals surface area contributed by atoms with E-state index in [1.54, 1.807) is 5.48 Å². The monoisotopic (exact) mass is 464 g/mol. The summed E-state index contributed by atoms with van der Waals surface area (Å²) in [5, 5.41) is 8.91. The van der Waals surface area contributed by atoms with Gasteiger partial charge in [-0.2, -0.15) is 4.98 Å². The number of rotatable bonds is 9. The molecule has 5 atom stereocenters. The SMILES string of the molecule is COP(=O)(OCC1OC(n2ccc(NO)nc2=O)[C@H](OC(C)=O)[C@@H]1OC(C)=O)N(C)C. The molecule has 14 nitrogen and oxygen atoms in total. The molecule has 15 heteroatoms. The number of esters is 2. The highest BCUT2D eigenvalue weighted by molar-refractivity contribution is 7.51. The second kappa shape index (κ2) is 10.3. The van der Waals surface area contributed by atoms with Crippen LogP contribution in [0.5, 0.6) is 0 Å². The van der Waals surface area contributed by atoms with Crippen LogP contribution in [-0.2, 0) is 37.4 Å². The van der Waals surface area contributed by atoms with E-state index in [4.69, 9.17) is 28.5 Å². The Morgan fingerprint density at radius 1 is 1.29 bits per heavy atom. The van der Waals surface area contributed by atoms with Crippen LogP contribution in [0.3, 0.4) is 0 Å². The van der Waals surface area contributed by atoms with Gasteiger partial charge in [0.05, 0.1) is 6.61 Å². The minimum absolute atomic E-state index is 0.119. The number of hydrogen-bond acceptors (Lipinski definition) is 12. The molecule has 0 saturated carbocycles. The van der Waals surface area contributed by atoms with Gasteiger partial charge in [0, 0.05) is 27.2 Å². The smallest absolute Gasteiger partial charge is 0.407 e. The van der Waals surface area contributed by atoms with Crippen LogP contribution in [-0.4, -0.2) is 77.5 Å². The molecule has 0 aromatic carbocycles. The summed E-state index contributed by atoms with van der Waals surface area (Å²) in [5.41, 5.74) is 0.890. The Hall–Kier alpha value is -2.35. The second-order valence-corrected chi connectivity index (χ2v) is 8.98. The van der Waals surface area contributed by atoms with Crippen LogP contribution in [0.1, 0.15) is 20.1 Å². The molecule has 0 bridgehead atoms. The van der Waals surface area contributed by atoms with Crippen LogP contribution < -0.4 is 11.2 Å². The van der Waals surface area contributed by atoms with E-state index in [1.165, 1.54) is 38.1 Å². The van der Waals surface area contributed by atoms with Crippen molar-refractivity contribution in [1.29, 1.82) is 0 Å². The zero-order valence-corrected chi connectivity index (χ0v) is 18.5. The van der Waals surface area contributed by atoms with Crippen molar-refractivity contribution >= 4 is 25.5 Å². The standard InChI is InChI=1S/C16H25N4O10P/c1-9(21)28-13-11(8-27-31(25,26-5)19(3)4)30-15(14(13)29-10(2)22)20-7-6-12(18-24)17-16(20)23/h6-7,11,13-15,24H,8H2,1-5H3,(H,17,18,23)/t11?,13-,14-,15?,31?/m1/s1. The quantitative estimate of drug-likeness (QED) is 0.288. The molecule has 3 unspecified atom stereocenters. The molecular weight excluding hydrogens is 439 g/mol. The van der Waals surface area contributed by atoms with Crippen molar-refractivity contribution in [2.24, 2.45) is 0 Å². The van der Waals surface area contributed by atoms with Gasteiger partial charge in [-0.25, -0.2) is 14.0 Å². The van der Waals surface area contributed by atoms with Gasteiger partial charge in [0.15, 0.2) is 24.3 Å². The van der Waals surface area contributed by atoms with Crippen LogP contribution in [0.4, 0.5) is 5.82 Å². The summed E-state index contributed by atoms with van der Waals surface area (Å²) in [7, 11) is 0.508. The van der Waals surface area contributed by atoms with Crippen molar-refractivity contribution in [3.05, 3.63) is 22.7 Å². The van der Waals surface area contributed by atoms with Gasteiger partial charge in [-0.3, -0.25) is 33.9 Å². The Labute approximate surface area is 177 Å². The van der Waals surface area contributed by atoms with Crippen LogP contribution in [0.15, 0.2) is 17.1 Å². The van der Waals surface area contributed by atoms with Gasteiger partial charge in [0.1, 0.15) is 6.10 Å². The predicted octanol–water partition coefficient (Wildman–Crippen LogP) is 0.138. The van der Waals surface area contributed by atoms with E-state index >= 15 is 0 Å². The number of hydrogen-bond donors (Lipinski definition) is 2. The lowest BCUT2D eigenvalue weighted by Crippen LogP contribution is -2.41. The number of aromatic nitrogens is 2. The molecule has 1 saturated heterocycles. The maximum atomic E-state index is 12.6. The zero-order chi connectivity index (χ0) is 23.3. The Bertz CT molecular complexity index is 907. The Balaban J connectivity index is 2.41. The average Bonchev–Trinajstić information content (AvgIpc) is 3.01. The van der Waals surface area contributed by atoms with E-state index < -0.39 is 49.9 Å². The summed E-state index contributed by atoms with van der Waals surface area (Å²) in [6.45, 7) is 1.90. The molecule has 2 rings (SSSR count). The predicted molar refractivity (Wildman–Crippen MR) is 103 cm³/mol. The third-order valence-electron chi connectivity index (χ3n) is 4.23. The third kappa shape index (κ3) is 5.87. The molecule has 1 fully saturated rings. The van der Waals surface area contributed by atoms with Crippen LogP contribution in [0, 0.1) is 0 Å². The highest BCUT2D eigenvalue weighted by Crippen LogP contribution is 2.49. The van der Waals surface area contributed by atoms with Crippen molar-refractivity contribution < 1.29 is 42.6 Å². The molecular formula is C16H25N4O10P. The van der Waals surface area contributed by atoms with E-state index in [1.807, 2.05) is 0 Å². The molecule has 0 radical (unpaired) electrons. The Morgan fingerprint density at radius 2 is 1.90 bits per heavy atom. The first-order valence-electron chi connectivity index (χ1n) is 8.99. The number of carbonyl (C=O) groups excluding carboxylic acids is 2. The van der Waals surface area contributed by atoms with Crippen molar-refractivity contribution in [2.45, 2.75) is 38.4 Å². The molecule has 31 heavy (non-hydrogen) atoms. The zero-order valence-electron chi connectivity index (χ0n) is 17.6. The first kappa shape index (κ1) is 24.9. The normalized spacial score (nSPS) is 25.1. The Kier molecular flexibility index (Phi) is 8.28. The van der Waals surface area contributed by atoms with Gasteiger partial charge in [-0.1, -0.05) is 0 Å².